The molecule has 19 heavy (non-hydrogen) atoms. The average molecular weight is 275 g/mol. The third kappa shape index (κ3) is 2.53. The van der Waals surface area contributed by atoms with Crippen LogP contribution < -0.4 is 0 Å². The van der Waals surface area contributed by atoms with E-state index in [1.807, 2.05) is 17.8 Å². The first-order valence-electron chi connectivity index (χ1n) is 7.18. The Hall–Kier alpha value is -0.960. The molecule has 3 rings (SSSR count). The molecule has 0 bridgehead atoms. The van der Waals surface area contributed by atoms with Gasteiger partial charge >= 0.3 is 0 Å². The van der Waals surface area contributed by atoms with Gasteiger partial charge in [0.2, 0.25) is 5.91 Å². The quantitative estimate of drug-likeness (QED) is 0.826. The van der Waals surface area contributed by atoms with E-state index >= 15 is 0 Å². The van der Waals surface area contributed by atoms with Crippen molar-refractivity contribution >= 4 is 17.7 Å². The number of rotatable bonds is 2. The molecule has 0 radical (unpaired) electrons. The monoisotopic (exact) mass is 275 g/mol. The smallest absolute Gasteiger partial charge is 0.239 e. The highest BCUT2D eigenvalue weighted by Crippen LogP contribution is 2.38. The van der Waals surface area contributed by atoms with Gasteiger partial charge in [-0.15, -0.1) is 11.8 Å². The molecule has 0 spiro atoms. The molecule has 102 valence electrons. The molecule has 3 heteroatoms. The summed E-state index contributed by atoms with van der Waals surface area (Å²) in [5, 5.41) is 0. The van der Waals surface area contributed by atoms with E-state index in [9.17, 15) is 4.79 Å². The van der Waals surface area contributed by atoms with E-state index < -0.39 is 0 Å². The van der Waals surface area contributed by atoms with Gasteiger partial charge in [-0.2, -0.15) is 0 Å². The Bertz CT molecular complexity index is 461. The molecule has 0 N–H and O–H groups in total. The second kappa shape index (κ2) is 5.20. The highest BCUT2D eigenvalue weighted by atomic mass is 32.2. The summed E-state index contributed by atoms with van der Waals surface area (Å²) in [4.78, 5) is 15.0. The highest BCUT2D eigenvalue weighted by Gasteiger charge is 2.43. The van der Waals surface area contributed by atoms with Crippen LogP contribution >= 0.6 is 11.8 Å². The van der Waals surface area contributed by atoms with Crippen LogP contribution in [0.2, 0.25) is 0 Å². The van der Waals surface area contributed by atoms with Gasteiger partial charge in [-0.3, -0.25) is 4.79 Å². The van der Waals surface area contributed by atoms with Gasteiger partial charge in [0.05, 0.1) is 4.75 Å². The maximum Gasteiger partial charge on any atom is 0.239 e. The lowest BCUT2D eigenvalue weighted by Crippen LogP contribution is -2.46. The first-order valence-corrected chi connectivity index (χ1v) is 8.16. The Kier molecular flexibility index (Phi) is 3.57. The van der Waals surface area contributed by atoms with Gasteiger partial charge in [-0.05, 0) is 43.9 Å². The number of carbonyl (C=O) groups is 1. The molecule has 2 fully saturated rings. The third-order valence-corrected chi connectivity index (χ3v) is 5.74. The SMILES string of the molecule is C[C@@]1(Cc2ccccc2)SCCC2CCCN2C1=O. The van der Waals surface area contributed by atoms with Crippen LogP contribution in [0.1, 0.15) is 31.7 Å². The molecule has 2 heterocycles. The predicted molar refractivity (Wildman–Crippen MR) is 80.4 cm³/mol. The maximum atomic E-state index is 12.9. The number of thioether (sulfide) groups is 1. The van der Waals surface area contributed by atoms with Crippen molar-refractivity contribution in [2.24, 2.45) is 0 Å². The lowest BCUT2D eigenvalue weighted by molar-refractivity contribution is -0.133. The molecule has 2 aliphatic heterocycles. The fraction of sp³-hybridized carbons (Fsp3) is 0.562. The van der Waals surface area contributed by atoms with Gasteiger partial charge in [0.25, 0.3) is 0 Å². The van der Waals surface area contributed by atoms with Crippen LogP contribution in [0.25, 0.3) is 0 Å². The Morgan fingerprint density at radius 2 is 2.11 bits per heavy atom. The number of fused-ring (bicyclic) bond motifs is 1. The van der Waals surface area contributed by atoms with Crippen molar-refractivity contribution in [2.45, 2.75) is 43.4 Å². The summed E-state index contributed by atoms with van der Waals surface area (Å²) in [7, 11) is 0. The molecule has 1 unspecified atom stereocenters. The zero-order valence-corrected chi connectivity index (χ0v) is 12.3. The summed E-state index contributed by atoms with van der Waals surface area (Å²) in [6.07, 6.45) is 4.40. The van der Waals surface area contributed by atoms with Gasteiger partial charge in [0, 0.05) is 12.6 Å². The summed E-state index contributed by atoms with van der Waals surface area (Å²) >= 11 is 1.85. The van der Waals surface area contributed by atoms with Gasteiger partial charge in [0.15, 0.2) is 0 Å². The Morgan fingerprint density at radius 1 is 1.32 bits per heavy atom. The normalized spacial score (nSPS) is 31.1. The molecule has 0 aliphatic carbocycles. The number of benzene rings is 1. The highest BCUT2D eigenvalue weighted by molar-refractivity contribution is 8.01. The van der Waals surface area contributed by atoms with Crippen molar-refractivity contribution in [1.82, 2.24) is 4.90 Å². The lowest BCUT2D eigenvalue weighted by atomic mass is 9.98. The predicted octanol–water partition coefficient (Wildman–Crippen LogP) is 3.12. The van der Waals surface area contributed by atoms with E-state index in [0.29, 0.717) is 11.9 Å². The molecule has 2 nitrogen and oxygen atoms in total. The van der Waals surface area contributed by atoms with Gasteiger partial charge in [-0.25, -0.2) is 0 Å². The van der Waals surface area contributed by atoms with Crippen LogP contribution in [0.5, 0.6) is 0 Å². The number of carbonyl (C=O) groups excluding carboxylic acids is 1. The Morgan fingerprint density at radius 3 is 2.89 bits per heavy atom. The molecule has 1 amide bonds. The average Bonchev–Trinajstić information content (AvgIpc) is 2.83. The number of hydrogen-bond donors (Lipinski definition) is 0. The molecular formula is C16H21NOS. The molecule has 1 aromatic rings. The molecule has 0 aromatic heterocycles. The minimum atomic E-state index is -0.277. The fourth-order valence-electron chi connectivity index (χ4n) is 3.30. The first-order chi connectivity index (χ1) is 9.19. The zero-order valence-electron chi connectivity index (χ0n) is 11.5. The number of nitrogens with zero attached hydrogens (tertiary/aromatic N) is 1. The zero-order chi connectivity index (χ0) is 13.3. The van der Waals surface area contributed by atoms with Crippen LogP contribution in [0.4, 0.5) is 0 Å². The van der Waals surface area contributed by atoms with Crippen molar-refractivity contribution in [3.8, 4) is 0 Å². The van der Waals surface area contributed by atoms with Gasteiger partial charge in [0.1, 0.15) is 0 Å². The standard InChI is InChI=1S/C16H21NOS/c1-16(12-13-6-3-2-4-7-13)15(18)17-10-5-8-14(17)9-11-19-16/h2-4,6-7,14H,5,8-12H2,1H3/t14?,16-/m0/s1. The summed E-state index contributed by atoms with van der Waals surface area (Å²) in [6.45, 7) is 3.10. The van der Waals surface area contributed by atoms with Crippen molar-refractivity contribution in [3.05, 3.63) is 35.9 Å². The third-order valence-electron chi connectivity index (χ3n) is 4.35. The van der Waals surface area contributed by atoms with Crippen LogP contribution in [0.3, 0.4) is 0 Å². The summed E-state index contributed by atoms with van der Waals surface area (Å²) in [5.74, 6) is 1.47. The minimum absolute atomic E-state index is 0.277. The fourth-order valence-corrected chi connectivity index (χ4v) is 4.65. The first kappa shape index (κ1) is 13.0. The molecule has 0 saturated carbocycles. The van der Waals surface area contributed by atoms with E-state index in [1.54, 1.807) is 0 Å². The maximum absolute atomic E-state index is 12.9. The van der Waals surface area contributed by atoms with Crippen LogP contribution in [-0.2, 0) is 11.2 Å². The number of amides is 1. The molecule has 2 aliphatic rings. The van der Waals surface area contributed by atoms with Crippen LogP contribution in [-0.4, -0.2) is 33.9 Å². The Balaban J connectivity index is 1.83. The van der Waals surface area contributed by atoms with Gasteiger partial charge < -0.3 is 4.90 Å². The number of hydrogen-bond acceptors (Lipinski definition) is 2. The van der Waals surface area contributed by atoms with Crippen molar-refractivity contribution in [1.29, 1.82) is 0 Å². The largest absolute Gasteiger partial charge is 0.338 e. The van der Waals surface area contributed by atoms with Gasteiger partial charge in [-0.1, -0.05) is 30.3 Å². The van der Waals surface area contributed by atoms with Crippen molar-refractivity contribution in [2.75, 3.05) is 12.3 Å². The van der Waals surface area contributed by atoms with E-state index in [2.05, 4.69) is 36.1 Å². The van der Waals surface area contributed by atoms with E-state index in [4.69, 9.17) is 0 Å². The summed E-state index contributed by atoms with van der Waals surface area (Å²) in [5.41, 5.74) is 1.27. The van der Waals surface area contributed by atoms with Crippen molar-refractivity contribution in [3.63, 3.8) is 0 Å². The Labute approximate surface area is 119 Å². The van der Waals surface area contributed by atoms with Crippen molar-refractivity contribution < 1.29 is 4.79 Å². The summed E-state index contributed by atoms with van der Waals surface area (Å²) in [6, 6.07) is 10.9. The van der Waals surface area contributed by atoms with E-state index in [1.165, 1.54) is 24.8 Å². The van der Waals surface area contributed by atoms with Crippen LogP contribution in [0.15, 0.2) is 30.3 Å². The van der Waals surface area contributed by atoms with E-state index in [-0.39, 0.29) is 4.75 Å². The minimum Gasteiger partial charge on any atom is -0.338 e. The topological polar surface area (TPSA) is 20.3 Å². The second-order valence-corrected chi connectivity index (χ2v) is 7.42. The van der Waals surface area contributed by atoms with E-state index in [0.717, 1.165) is 18.7 Å². The molecule has 2 saturated heterocycles. The second-order valence-electron chi connectivity index (χ2n) is 5.82. The lowest BCUT2D eigenvalue weighted by Gasteiger charge is -2.31. The molecular weight excluding hydrogens is 254 g/mol. The molecule has 2 atom stereocenters. The molecule has 1 aromatic carbocycles. The summed E-state index contributed by atoms with van der Waals surface area (Å²) < 4.78 is -0.277. The van der Waals surface area contributed by atoms with Crippen LogP contribution in [0, 0.1) is 0 Å².